The molecule has 0 aliphatic carbocycles. The minimum atomic E-state index is -0.345. The zero-order chi connectivity index (χ0) is 20.4. The van der Waals surface area contributed by atoms with Gasteiger partial charge in [0.05, 0.1) is 12.1 Å². The monoisotopic (exact) mass is 409 g/mol. The number of thiazole rings is 1. The number of nitrogens with zero attached hydrogens (tertiary/aromatic N) is 3. The van der Waals surface area contributed by atoms with Gasteiger partial charge in [0.25, 0.3) is 0 Å². The van der Waals surface area contributed by atoms with E-state index < -0.39 is 0 Å². The van der Waals surface area contributed by atoms with Gasteiger partial charge in [-0.2, -0.15) is 4.98 Å². The third-order valence-corrected chi connectivity index (χ3v) is 4.93. The number of rotatable bonds is 5. The third-order valence-electron chi connectivity index (χ3n) is 4.11. The molecule has 2 amide bonds. The van der Waals surface area contributed by atoms with Crippen molar-refractivity contribution in [3.05, 3.63) is 65.3 Å². The van der Waals surface area contributed by atoms with Crippen LogP contribution < -0.4 is 10.6 Å². The Morgan fingerprint density at radius 1 is 1.07 bits per heavy atom. The lowest BCUT2D eigenvalue weighted by molar-refractivity contribution is -0.116. The highest BCUT2D eigenvalue weighted by Gasteiger charge is 2.14. The summed E-state index contributed by atoms with van der Waals surface area (Å²) in [5, 5.41) is 11.7. The molecule has 0 unspecified atom stereocenters. The van der Waals surface area contributed by atoms with Gasteiger partial charge >= 0.3 is 0 Å². The molecule has 2 heterocycles. The standard InChI is InChI=1S/C20H16FN5O2S/c1-12(27)22-16-8-4-14(5-9-16)17-11-29-20-24-19(25-26(17)20)23-18(28)10-13-2-6-15(21)7-3-13/h2-9,11H,10H2,1H3,(H,22,27)(H,23,25,28). The van der Waals surface area contributed by atoms with E-state index in [1.54, 1.807) is 16.6 Å². The third kappa shape index (κ3) is 4.30. The van der Waals surface area contributed by atoms with E-state index in [0.717, 1.165) is 11.3 Å². The molecule has 4 aromatic rings. The molecule has 0 fully saturated rings. The summed E-state index contributed by atoms with van der Waals surface area (Å²) in [5.41, 5.74) is 3.13. The Kier molecular flexibility index (Phi) is 5.05. The number of amides is 2. The van der Waals surface area contributed by atoms with Crippen LogP contribution in [0.25, 0.3) is 16.2 Å². The van der Waals surface area contributed by atoms with Crippen LogP contribution in [0, 0.1) is 5.82 Å². The maximum atomic E-state index is 13.0. The minimum absolute atomic E-state index is 0.102. The number of hydrogen-bond acceptors (Lipinski definition) is 5. The lowest BCUT2D eigenvalue weighted by Gasteiger charge is -2.04. The van der Waals surface area contributed by atoms with Crippen LogP contribution in [0.4, 0.5) is 16.0 Å². The lowest BCUT2D eigenvalue weighted by Crippen LogP contribution is -2.15. The number of carbonyl (C=O) groups excluding carboxylic acids is 2. The van der Waals surface area contributed by atoms with Crippen LogP contribution in [0.2, 0.25) is 0 Å². The summed E-state index contributed by atoms with van der Waals surface area (Å²) in [7, 11) is 0. The molecular weight excluding hydrogens is 393 g/mol. The molecule has 146 valence electrons. The van der Waals surface area contributed by atoms with Gasteiger partial charge in [-0.25, -0.2) is 8.91 Å². The molecule has 0 spiro atoms. The van der Waals surface area contributed by atoms with E-state index in [4.69, 9.17) is 0 Å². The number of halogens is 1. The molecule has 0 aliphatic rings. The molecule has 4 rings (SSSR count). The smallest absolute Gasteiger partial charge is 0.250 e. The maximum absolute atomic E-state index is 13.0. The zero-order valence-electron chi connectivity index (χ0n) is 15.3. The largest absolute Gasteiger partial charge is 0.326 e. The Labute approximate surface area is 169 Å². The summed E-state index contributed by atoms with van der Waals surface area (Å²) >= 11 is 1.40. The fraction of sp³-hybridized carbons (Fsp3) is 0.100. The first-order valence-corrected chi connectivity index (χ1v) is 9.62. The maximum Gasteiger partial charge on any atom is 0.250 e. The molecule has 0 aliphatic heterocycles. The van der Waals surface area contributed by atoms with Gasteiger partial charge in [-0.05, 0) is 29.8 Å². The van der Waals surface area contributed by atoms with Crippen molar-refractivity contribution < 1.29 is 14.0 Å². The van der Waals surface area contributed by atoms with E-state index in [1.807, 2.05) is 29.6 Å². The van der Waals surface area contributed by atoms with E-state index in [1.165, 1.54) is 30.4 Å². The Morgan fingerprint density at radius 3 is 2.48 bits per heavy atom. The molecule has 29 heavy (non-hydrogen) atoms. The second kappa shape index (κ2) is 7.80. The first-order valence-electron chi connectivity index (χ1n) is 8.74. The molecule has 9 heteroatoms. The van der Waals surface area contributed by atoms with Crippen molar-refractivity contribution in [3.8, 4) is 11.3 Å². The van der Waals surface area contributed by atoms with Crippen molar-refractivity contribution in [1.82, 2.24) is 14.6 Å². The second-order valence-electron chi connectivity index (χ2n) is 6.36. The first kappa shape index (κ1) is 18.8. The summed E-state index contributed by atoms with van der Waals surface area (Å²) < 4.78 is 14.6. The minimum Gasteiger partial charge on any atom is -0.326 e. The normalized spacial score (nSPS) is 10.8. The number of aromatic nitrogens is 3. The van der Waals surface area contributed by atoms with Crippen molar-refractivity contribution in [2.75, 3.05) is 10.6 Å². The number of nitrogens with one attached hydrogen (secondary N) is 2. The summed E-state index contributed by atoms with van der Waals surface area (Å²) in [4.78, 5) is 28.3. The van der Waals surface area contributed by atoms with E-state index in [2.05, 4.69) is 20.7 Å². The van der Waals surface area contributed by atoms with E-state index >= 15 is 0 Å². The molecule has 0 saturated heterocycles. The van der Waals surface area contributed by atoms with Crippen LogP contribution in [-0.2, 0) is 16.0 Å². The quantitative estimate of drug-likeness (QED) is 0.526. The Bertz CT molecular complexity index is 1180. The predicted octanol–water partition coefficient (Wildman–Crippen LogP) is 3.74. The van der Waals surface area contributed by atoms with Gasteiger partial charge in [-0.1, -0.05) is 24.3 Å². The summed E-state index contributed by atoms with van der Waals surface area (Å²) in [5.74, 6) is -0.549. The highest BCUT2D eigenvalue weighted by molar-refractivity contribution is 7.15. The molecule has 0 saturated carbocycles. The summed E-state index contributed by atoms with van der Waals surface area (Å²) in [6, 6.07) is 13.1. The molecule has 2 aromatic carbocycles. The fourth-order valence-corrected chi connectivity index (χ4v) is 3.65. The van der Waals surface area contributed by atoms with Gasteiger partial charge in [0.2, 0.25) is 22.7 Å². The molecule has 7 nitrogen and oxygen atoms in total. The number of carbonyl (C=O) groups is 2. The molecule has 2 aromatic heterocycles. The van der Waals surface area contributed by atoms with Crippen molar-refractivity contribution in [2.24, 2.45) is 0 Å². The zero-order valence-corrected chi connectivity index (χ0v) is 16.2. The van der Waals surface area contributed by atoms with Crippen LogP contribution in [0.5, 0.6) is 0 Å². The van der Waals surface area contributed by atoms with E-state index in [0.29, 0.717) is 16.2 Å². The van der Waals surface area contributed by atoms with Crippen LogP contribution in [0.15, 0.2) is 53.9 Å². The number of hydrogen-bond donors (Lipinski definition) is 2. The average Bonchev–Trinajstić information content (AvgIpc) is 3.24. The number of fused-ring (bicyclic) bond motifs is 1. The molecule has 0 radical (unpaired) electrons. The van der Waals surface area contributed by atoms with Crippen molar-refractivity contribution in [2.45, 2.75) is 13.3 Å². The molecule has 2 N–H and O–H groups in total. The Hall–Kier alpha value is -3.59. The highest BCUT2D eigenvalue weighted by Crippen LogP contribution is 2.27. The Balaban J connectivity index is 1.50. The molecular formula is C20H16FN5O2S. The van der Waals surface area contributed by atoms with Crippen LogP contribution in [0.3, 0.4) is 0 Å². The van der Waals surface area contributed by atoms with Crippen molar-refractivity contribution in [3.63, 3.8) is 0 Å². The average molecular weight is 409 g/mol. The SMILES string of the molecule is CC(=O)Nc1ccc(-c2csc3nc(NC(=O)Cc4ccc(F)cc4)nn23)cc1. The topological polar surface area (TPSA) is 88.4 Å². The van der Waals surface area contributed by atoms with Gasteiger partial charge in [0.15, 0.2) is 0 Å². The lowest BCUT2D eigenvalue weighted by atomic mass is 10.1. The molecule has 0 bridgehead atoms. The van der Waals surface area contributed by atoms with Gasteiger partial charge < -0.3 is 5.32 Å². The predicted molar refractivity (Wildman–Crippen MR) is 109 cm³/mol. The second-order valence-corrected chi connectivity index (χ2v) is 7.20. The Morgan fingerprint density at radius 2 is 1.79 bits per heavy atom. The van der Waals surface area contributed by atoms with Gasteiger partial charge in [0, 0.05) is 23.6 Å². The number of benzene rings is 2. The van der Waals surface area contributed by atoms with E-state index in [9.17, 15) is 14.0 Å². The first-order chi connectivity index (χ1) is 14.0. The van der Waals surface area contributed by atoms with E-state index in [-0.39, 0.29) is 30.0 Å². The highest BCUT2D eigenvalue weighted by atomic mass is 32.1. The summed E-state index contributed by atoms with van der Waals surface area (Å²) in [6.07, 6.45) is 0.102. The van der Waals surface area contributed by atoms with Gasteiger partial charge in [-0.3, -0.25) is 14.9 Å². The summed E-state index contributed by atoms with van der Waals surface area (Å²) in [6.45, 7) is 1.46. The fourth-order valence-electron chi connectivity index (χ4n) is 2.82. The van der Waals surface area contributed by atoms with Gasteiger partial charge in [0.1, 0.15) is 5.82 Å². The van der Waals surface area contributed by atoms with Crippen LogP contribution in [-0.4, -0.2) is 26.4 Å². The van der Waals surface area contributed by atoms with Gasteiger partial charge in [-0.15, -0.1) is 16.4 Å². The number of anilines is 2. The van der Waals surface area contributed by atoms with Crippen molar-refractivity contribution in [1.29, 1.82) is 0 Å². The van der Waals surface area contributed by atoms with Crippen molar-refractivity contribution >= 4 is 39.7 Å². The molecule has 0 atom stereocenters. The van der Waals surface area contributed by atoms with Crippen LogP contribution in [0.1, 0.15) is 12.5 Å². The van der Waals surface area contributed by atoms with Crippen LogP contribution >= 0.6 is 11.3 Å².